The molecule has 1 aromatic carbocycles. The normalized spacial score (nSPS) is 15.7. The average Bonchev–Trinajstić information content (AvgIpc) is 3.33. The molecule has 1 aliphatic carbocycles. The van der Waals surface area contributed by atoms with E-state index in [1.54, 1.807) is 0 Å². The lowest BCUT2D eigenvalue weighted by molar-refractivity contribution is 0.813. The molecule has 0 amide bonds. The van der Waals surface area contributed by atoms with Crippen LogP contribution < -0.4 is 5.32 Å². The van der Waals surface area contributed by atoms with Crippen molar-refractivity contribution in [3.8, 4) is 0 Å². The summed E-state index contributed by atoms with van der Waals surface area (Å²) in [6.07, 6.45) is 2.40. The van der Waals surface area contributed by atoms with Crippen LogP contribution in [0.4, 0.5) is 5.82 Å². The van der Waals surface area contributed by atoms with Crippen molar-refractivity contribution in [3.05, 3.63) is 48.3 Å². The van der Waals surface area contributed by atoms with Crippen LogP contribution in [0.2, 0.25) is 0 Å². The molecule has 2 heterocycles. The first kappa shape index (κ1) is 14.5. The van der Waals surface area contributed by atoms with Gasteiger partial charge >= 0.3 is 0 Å². The second kappa shape index (κ2) is 6.20. The molecule has 118 valence electrons. The van der Waals surface area contributed by atoms with Crippen molar-refractivity contribution < 1.29 is 0 Å². The Labute approximate surface area is 139 Å². The smallest absolute Gasteiger partial charge is 0.178 e. The monoisotopic (exact) mass is 325 g/mol. The first-order valence-corrected chi connectivity index (χ1v) is 8.85. The van der Waals surface area contributed by atoms with Crippen molar-refractivity contribution in [1.29, 1.82) is 0 Å². The Bertz CT molecular complexity index is 797. The molecule has 0 saturated heterocycles. The topological polar surface area (TPSA) is 55.1 Å². The summed E-state index contributed by atoms with van der Waals surface area (Å²) in [6, 6.07) is 14.4. The second-order valence-electron chi connectivity index (χ2n) is 5.94. The van der Waals surface area contributed by atoms with Crippen molar-refractivity contribution in [2.75, 3.05) is 11.9 Å². The fourth-order valence-electron chi connectivity index (χ4n) is 2.52. The summed E-state index contributed by atoms with van der Waals surface area (Å²) in [7, 11) is 0. The van der Waals surface area contributed by atoms with Crippen LogP contribution in [0.1, 0.15) is 31.5 Å². The minimum absolute atomic E-state index is 0.457. The van der Waals surface area contributed by atoms with Crippen molar-refractivity contribution in [2.45, 2.75) is 35.8 Å². The lowest BCUT2D eigenvalue weighted by atomic mass is 10.4. The van der Waals surface area contributed by atoms with Crippen LogP contribution in [0.25, 0.3) is 5.65 Å². The van der Waals surface area contributed by atoms with Crippen LogP contribution in [0.3, 0.4) is 0 Å². The molecular weight excluding hydrogens is 306 g/mol. The van der Waals surface area contributed by atoms with E-state index in [0.717, 1.165) is 23.8 Å². The Hall–Kier alpha value is -2.08. The van der Waals surface area contributed by atoms with Gasteiger partial charge in [-0.25, -0.2) is 0 Å². The summed E-state index contributed by atoms with van der Waals surface area (Å²) in [4.78, 5) is 1.29. The Morgan fingerprint density at radius 3 is 2.78 bits per heavy atom. The van der Waals surface area contributed by atoms with Gasteiger partial charge in [-0.3, -0.25) is 0 Å². The fourth-order valence-corrected chi connectivity index (χ4v) is 3.46. The molecule has 2 aromatic heterocycles. The summed E-state index contributed by atoms with van der Waals surface area (Å²) in [5, 5.41) is 17.0. The maximum Gasteiger partial charge on any atom is 0.178 e. The number of hydrogen-bond donors (Lipinski definition) is 1. The number of anilines is 1. The Balaban J connectivity index is 1.42. The first-order valence-electron chi connectivity index (χ1n) is 7.97. The maximum atomic E-state index is 4.65. The van der Waals surface area contributed by atoms with Gasteiger partial charge in [0.1, 0.15) is 5.82 Å². The van der Waals surface area contributed by atoms with Crippen molar-refractivity contribution in [2.24, 2.45) is 0 Å². The molecule has 1 saturated carbocycles. The number of nitrogens with one attached hydrogen (secondary N) is 1. The van der Waals surface area contributed by atoms with E-state index >= 15 is 0 Å². The number of fused-ring (bicyclic) bond motifs is 1. The molecule has 1 fully saturated rings. The molecule has 1 aliphatic rings. The van der Waals surface area contributed by atoms with Gasteiger partial charge in [0, 0.05) is 22.6 Å². The van der Waals surface area contributed by atoms with Gasteiger partial charge in [0.2, 0.25) is 0 Å². The second-order valence-corrected chi connectivity index (χ2v) is 7.46. The number of thioether (sulfide) groups is 1. The van der Waals surface area contributed by atoms with E-state index in [1.807, 2.05) is 34.5 Å². The molecule has 23 heavy (non-hydrogen) atoms. The quantitative estimate of drug-likeness (QED) is 0.702. The summed E-state index contributed by atoms with van der Waals surface area (Å²) >= 11 is 1.86. The lowest BCUT2D eigenvalue weighted by Gasteiger charge is -2.13. The van der Waals surface area contributed by atoms with Crippen LogP contribution in [0.15, 0.2) is 47.4 Å². The molecule has 1 atom stereocenters. The molecule has 4 rings (SSSR count). The van der Waals surface area contributed by atoms with E-state index < -0.39 is 0 Å². The number of rotatable bonds is 6. The SMILES string of the molecule is CC(CNc1ccc2nnc(C3CC3)n2n1)Sc1ccccc1. The molecular formula is C17H19N5S. The third kappa shape index (κ3) is 3.32. The molecule has 5 nitrogen and oxygen atoms in total. The van der Waals surface area contributed by atoms with E-state index in [4.69, 9.17) is 0 Å². The van der Waals surface area contributed by atoms with Crippen LogP contribution in [0.5, 0.6) is 0 Å². The van der Waals surface area contributed by atoms with Crippen LogP contribution in [-0.2, 0) is 0 Å². The molecule has 0 aliphatic heterocycles. The molecule has 0 radical (unpaired) electrons. The minimum atomic E-state index is 0.457. The van der Waals surface area contributed by atoms with Gasteiger partial charge in [-0.1, -0.05) is 25.1 Å². The summed E-state index contributed by atoms with van der Waals surface area (Å²) in [5.41, 5.74) is 0.823. The van der Waals surface area contributed by atoms with E-state index in [1.165, 1.54) is 17.7 Å². The number of nitrogens with zero attached hydrogens (tertiary/aromatic N) is 4. The standard InChI is InChI=1S/C17H19N5S/c1-12(23-14-5-3-2-4-6-14)11-18-15-9-10-16-19-20-17(13-7-8-13)22(16)21-15/h2-6,9-10,12-13H,7-8,11H2,1H3,(H,18,21). The zero-order valence-corrected chi connectivity index (χ0v) is 13.8. The average molecular weight is 325 g/mol. The van der Waals surface area contributed by atoms with E-state index in [2.05, 4.69) is 51.8 Å². The predicted molar refractivity (Wildman–Crippen MR) is 93.0 cm³/mol. The fraction of sp³-hybridized carbons (Fsp3) is 0.353. The molecule has 0 spiro atoms. The first-order chi connectivity index (χ1) is 11.3. The molecule has 0 bridgehead atoms. The van der Waals surface area contributed by atoms with Gasteiger partial charge < -0.3 is 5.32 Å². The highest BCUT2D eigenvalue weighted by molar-refractivity contribution is 8.00. The van der Waals surface area contributed by atoms with Crippen molar-refractivity contribution in [3.63, 3.8) is 0 Å². The highest BCUT2D eigenvalue weighted by Crippen LogP contribution is 2.38. The summed E-state index contributed by atoms with van der Waals surface area (Å²) < 4.78 is 1.88. The Kier molecular flexibility index (Phi) is 3.91. The predicted octanol–water partition coefficient (Wildman–Crippen LogP) is 3.59. The lowest BCUT2D eigenvalue weighted by Crippen LogP contribution is -2.15. The highest BCUT2D eigenvalue weighted by atomic mass is 32.2. The molecule has 3 aromatic rings. The highest BCUT2D eigenvalue weighted by Gasteiger charge is 2.29. The van der Waals surface area contributed by atoms with Gasteiger partial charge in [0.15, 0.2) is 11.5 Å². The zero-order valence-electron chi connectivity index (χ0n) is 13.0. The Morgan fingerprint density at radius 1 is 1.17 bits per heavy atom. The minimum Gasteiger partial charge on any atom is -0.368 e. The van der Waals surface area contributed by atoms with Crippen LogP contribution >= 0.6 is 11.8 Å². The van der Waals surface area contributed by atoms with Gasteiger partial charge in [-0.2, -0.15) is 4.52 Å². The zero-order chi connectivity index (χ0) is 15.6. The van der Waals surface area contributed by atoms with Crippen LogP contribution in [-0.4, -0.2) is 31.6 Å². The number of hydrogen-bond acceptors (Lipinski definition) is 5. The molecule has 6 heteroatoms. The van der Waals surface area contributed by atoms with E-state index in [0.29, 0.717) is 11.2 Å². The third-order valence-corrected chi connectivity index (χ3v) is 4.99. The van der Waals surface area contributed by atoms with Crippen LogP contribution in [0, 0.1) is 0 Å². The molecule has 1 unspecified atom stereocenters. The summed E-state index contributed by atoms with van der Waals surface area (Å²) in [5.74, 6) is 2.41. The number of aromatic nitrogens is 4. The van der Waals surface area contributed by atoms with E-state index in [9.17, 15) is 0 Å². The van der Waals surface area contributed by atoms with Gasteiger partial charge in [-0.15, -0.1) is 27.1 Å². The third-order valence-electron chi connectivity index (χ3n) is 3.88. The van der Waals surface area contributed by atoms with Crippen molar-refractivity contribution in [1.82, 2.24) is 19.8 Å². The van der Waals surface area contributed by atoms with Gasteiger partial charge in [0.25, 0.3) is 0 Å². The largest absolute Gasteiger partial charge is 0.368 e. The van der Waals surface area contributed by atoms with Gasteiger partial charge in [-0.05, 0) is 37.1 Å². The van der Waals surface area contributed by atoms with E-state index in [-0.39, 0.29) is 0 Å². The molecule has 1 N–H and O–H groups in total. The summed E-state index contributed by atoms with van der Waals surface area (Å²) in [6.45, 7) is 3.08. The maximum absolute atomic E-state index is 4.65. The van der Waals surface area contributed by atoms with Crippen molar-refractivity contribution >= 4 is 23.2 Å². The van der Waals surface area contributed by atoms with Gasteiger partial charge in [0.05, 0.1) is 0 Å². The Morgan fingerprint density at radius 2 is 2.00 bits per heavy atom. The number of benzene rings is 1.